The molecule has 1 aliphatic heterocycles. The zero-order valence-corrected chi connectivity index (χ0v) is 13.2. The Kier molecular flexibility index (Phi) is 4.14. The number of primary sulfonamides is 1. The van der Waals surface area contributed by atoms with Crippen LogP contribution in [0.15, 0.2) is 17.2 Å². The molecule has 2 rings (SSSR count). The molecule has 0 aromatic carbocycles. The number of sulfonamides is 1. The number of rotatable bonds is 4. The maximum Gasteiger partial charge on any atom is 0.268 e. The number of nitrogens with zero attached hydrogens (tertiary/aromatic N) is 1. The predicted molar refractivity (Wildman–Crippen MR) is 77.4 cm³/mol. The first-order chi connectivity index (χ1) is 9.67. The molecular formula is C13H21N3O4S. The van der Waals surface area contributed by atoms with Crippen molar-refractivity contribution in [2.45, 2.75) is 50.3 Å². The van der Waals surface area contributed by atoms with E-state index in [4.69, 9.17) is 9.88 Å². The number of amides is 1. The summed E-state index contributed by atoms with van der Waals surface area (Å²) >= 11 is 0. The molecule has 0 spiro atoms. The van der Waals surface area contributed by atoms with Gasteiger partial charge in [-0.15, -0.1) is 0 Å². The third-order valence-electron chi connectivity index (χ3n) is 4.06. The molecule has 1 fully saturated rings. The molecule has 7 nitrogen and oxygen atoms in total. The minimum atomic E-state index is -3.83. The second kappa shape index (κ2) is 5.43. The molecule has 0 radical (unpaired) electrons. The van der Waals surface area contributed by atoms with Crippen molar-refractivity contribution >= 4 is 15.9 Å². The van der Waals surface area contributed by atoms with Gasteiger partial charge in [-0.3, -0.25) is 4.79 Å². The number of nitrogens with two attached hydrogens (primary N) is 1. The number of hydrogen-bond donors (Lipinski definition) is 2. The number of hydrogen-bond acceptors (Lipinski definition) is 4. The highest BCUT2D eigenvalue weighted by molar-refractivity contribution is 7.89. The van der Waals surface area contributed by atoms with Gasteiger partial charge >= 0.3 is 0 Å². The molecule has 2 atom stereocenters. The zero-order valence-electron chi connectivity index (χ0n) is 12.4. The molecule has 118 valence electrons. The highest BCUT2D eigenvalue weighted by atomic mass is 32.2. The predicted octanol–water partition coefficient (Wildman–Crippen LogP) is 0.453. The Balaban J connectivity index is 2.29. The SMILES string of the molecule is CCn1cc(S(N)(=O)=O)cc1C(=O)NC1(C)CCOC1C. The first-order valence-corrected chi connectivity index (χ1v) is 8.39. The summed E-state index contributed by atoms with van der Waals surface area (Å²) in [6.45, 7) is 6.72. The van der Waals surface area contributed by atoms with Crippen molar-refractivity contribution in [2.24, 2.45) is 5.14 Å². The Bertz CT molecular complexity index is 652. The average molecular weight is 315 g/mol. The lowest BCUT2D eigenvalue weighted by Gasteiger charge is -2.29. The standard InChI is InChI=1S/C13H21N3O4S/c1-4-16-8-10(21(14,18)19)7-11(16)12(17)15-13(3)5-6-20-9(13)2/h7-9H,4-6H2,1-3H3,(H,15,17)(H2,14,18,19). The fourth-order valence-electron chi connectivity index (χ4n) is 2.41. The van der Waals surface area contributed by atoms with Crippen molar-refractivity contribution in [1.82, 2.24) is 9.88 Å². The van der Waals surface area contributed by atoms with Crippen LogP contribution in [0.5, 0.6) is 0 Å². The summed E-state index contributed by atoms with van der Waals surface area (Å²) in [5.74, 6) is -0.327. The quantitative estimate of drug-likeness (QED) is 0.842. The second-order valence-electron chi connectivity index (χ2n) is 5.53. The third-order valence-corrected chi connectivity index (χ3v) is 4.94. The molecule has 1 saturated heterocycles. The van der Waals surface area contributed by atoms with Gasteiger partial charge in [-0.05, 0) is 33.3 Å². The second-order valence-corrected chi connectivity index (χ2v) is 7.09. The maximum atomic E-state index is 12.4. The molecule has 0 aliphatic carbocycles. The van der Waals surface area contributed by atoms with E-state index < -0.39 is 15.6 Å². The number of nitrogens with one attached hydrogen (secondary N) is 1. The first-order valence-electron chi connectivity index (χ1n) is 6.84. The monoisotopic (exact) mass is 315 g/mol. The number of ether oxygens (including phenoxy) is 1. The summed E-state index contributed by atoms with van der Waals surface area (Å²) in [4.78, 5) is 12.4. The first kappa shape index (κ1) is 16.0. The number of carbonyl (C=O) groups excluding carboxylic acids is 1. The van der Waals surface area contributed by atoms with Crippen LogP contribution in [0.25, 0.3) is 0 Å². The highest BCUT2D eigenvalue weighted by Crippen LogP contribution is 2.26. The summed E-state index contributed by atoms with van der Waals surface area (Å²) in [5.41, 5.74) is -0.177. The van der Waals surface area contributed by atoms with Gasteiger partial charge in [0.05, 0.1) is 11.6 Å². The van der Waals surface area contributed by atoms with Crippen molar-refractivity contribution in [3.8, 4) is 0 Å². The van der Waals surface area contributed by atoms with Crippen molar-refractivity contribution in [2.75, 3.05) is 6.61 Å². The van der Waals surface area contributed by atoms with Gasteiger partial charge in [0.2, 0.25) is 10.0 Å². The van der Waals surface area contributed by atoms with Crippen LogP contribution in [0.2, 0.25) is 0 Å². The van der Waals surface area contributed by atoms with Gasteiger partial charge in [-0.25, -0.2) is 13.6 Å². The van der Waals surface area contributed by atoms with Crippen LogP contribution < -0.4 is 10.5 Å². The number of carbonyl (C=O) groups is 1. The molecule has 21 heavy (non-hydrogen) atoms. The molecule has 3 N–H and O–H groups in total. The molecule has 1 aromatic heterocycles. The largest absolute Gasteiger partial charge is 0.376 e. The molecule has 0 saturated carbocycles. The maximum absolute atomic E-state index is 12.4. The van der Waals surface area contributed by atoms with Crippen LogP contribution in [0, 0.1) is 0 Å². The van der Waals surface area contributed by atoms with E-state index in [1.807, 2.05) is 20.8 Å². The van der Waals surface area contributed by atoms with Gasteiger partial charge in [-0.1, -0.05) is 0 Å². The lowest BCUT2D eigenvalue weighted by atomic mass is 9.94. The van der Waals surface area contributed by atoms with Gasteiger partial charge in [0.25, 0.3) is 5.91 Å². The Morgan fingerprint density at radius 1 is 1.62 bits per heavy atom. The fourth-order valence-corrected chi connectivity index (χ4v) is 2.96. The summed E-state index contributed by atoms with van der Waals surface area (Å²) in [7, 11) is -3.83. The van der Waals surface area contributed by atoms with E-state index in [9.17, 15) is 13.2 Å². The van der Waals surface area contributed by atoms with Gasteiger partial charge in [0, 0.05) is 19.3 Å². The van der Waals surface area contributed by atoms with E-state index in [2.05, 4.69) is 5.32 Å². The van der Waals surface area contributed by atoms with Crippen molar-refractivity contribution < 1.29 is 17.9 Å². The molecule has 1 aromatic rings. The van der Waals surface area contributed by atoms with Gasteiger partial charge in [0.15, 0.2) is 0 Å². The Morgan fingerprint density at radius 2 is 2.29 bits per heavy atom. The minimum absolute atomic E-state index is 0.0598. The average Bonchev–Trinajstić information content (AvgIpc) is 2.94. The summed E-state index contributed by atoms with van der Waals surface area (Å²) in [5, 5.41) is 8.05. The molecular weight excluding hydrogens is 294 g/mol. The van der Waals surface area contributed by atoms with Crippen LogP contribution >= 0.6 is 0 Å². The minimum Gasteiger partial charge on any atom is -0.376 e. The molecule has 2 unspecified atom stereocenters. The summed E-state index contributed by atoms with van der Waals surface area (Å²) in [6, 6.07) is 1.30. The lowest BCUT2D eigenvalue weighted by molar-refractivity contribution is 0.0721. The third kappa shape index (κ3) is 3.12. The lowest BCUT2D eigenvalue weighted by Crippen LogP contribution is -2.51. The molecule has 1 aliphatic rings. The van der Waals surface area contributed by atoms with E-state index in [0.717, 1.165) is 6.42 Å². The highest BCUT2D eigenvalue weighted by Gasteiger charge is 2.39. The van der Waals surface area contributed by atoms with Gasteiger partial charge in [0.1, 0.15) is 10.6 Å². The molecule has 0 bridgehead atoms. The van der Waals surface area contributed by atoms with Crippen LogP contribution in [0.4, 0.5) is 0 Å². The van der Waals surface area contributed by atoms with Gasteiger partial charge in [-0.2, -0.15) is 0 Å². The van der Waals surface area contributed by atoms with E-state index in [1.54, 1.807) is 4.57 Å². The number of aromatic nitrogens is 1. The van der Waals surface area contributed by atoms with Crippen LogP contribution in [-0.2, 0) is 21.3 Å². The molecule has 8 heteroatoms. The molecule has 1 amide bonds. The van der Waals surface area contributed by atoms with Crippen molar-refractivity contribution in [3.63, 3.8) is 0 Å². The Morgan fingerprint density at radius 3 is 2.76 bits per heavy atom. The summed E-state index contributed by atoms with van der Waals surface area (Å²) in [6.07, 6.45) is 2.00. The van der Waals surface area contributed by atoms with Gasteiger partial charge < -0.3 is 14.6 Å². The smallest absolute Gasteiger partial charge is 0.268 e. The normalized spacial score (nSPS) is 26.0. The van der Waals surface area contributed by atoms with Crippen LogP contribution in [0.1, 0.15) is 37.7 Å². The van der Waals surface area contributed by atoms with Crippen LogP contribution in [-0.4, -0.2) is 37.1 Å². The number of aryl methyl sites for hydroxylation is 1. The summed E-state index contributed by atoms with van der Waals surface area (Å²) < 4.78 is 29.9. The molecule has 2 heterocycles. The van der Waals surface area contributed by atoms with E-state index in [-0.39, 0.29) is 22.6 Å². The Hall–Kier alpha value is -1.38. The van der Waals surface area contributed by atoms with Crippen molar-refractivity contribution in [1.29, 1.82) is 0 Å². The van der Waals surface area contributed by atoms with E-state index >= 15 is 0 Å². The Labute approximate surface area is 124 Å². The van der Waals surface area contributed by atoms with Crippen molar-refractivity contribution in [3.05, 3.63) is 18.0 Å². The fraction of sp³-hybridized carbons (Fsp3) is 0.615. The van der Waals surface area contributed by atoms with Crippen LogP contribution in [0.3, 0.4) is 0 Å². The van der Waals surface area contributed by atoms with E-state index in [1.165, 1.54) is 12.3 Å². The topological polar surface area (TPSA) is 103 Å². The zero-order chi connectivity index (χ0) is 15.8. The van der Waals surface area contributed by atoms with E-state index in [0.29, 0.717) is 13.2 Å².